The van der Waals surface area contributed by atoms with Crippen LogP contribution in [-0.2, 0) is 42.9 Å². The Morgan fingerprint density at radius 1 is 0.841 bits per heavy atom. The molecule has 3 rings (SSSR count). The van der Waals surface area contributed by atoms with Gasteiger partial charge in [0.1, 0.15) is 12.7 Å². The number of amides is 1. The molecule has 0 bridgehead atoms. The van der Waals surface area contributed by atoms with Crippen molar-refractivity contribution in [2.75, 3.05) is 39.9 Å². The van der Waals surface area contributed by atoms with Crippen molar-refractivity contribution in [1.82, 2.24) is 10.2 Å². The summed E-state index contributed by atoms with van der Waals surface area (Å²) in [6.45, 7) is 7.79. The smallest absolute Gasteiger partial charge is 0.303 e. The molecule has 2 fully saturated rings. The number of nitrogens with one attached hydrogen (secondary N) is 1. The van der Waals surface area contributed by atoms with E-state index in [0.29, 0.717) is 12.1 Å². The average molecular weight is 623 g/mol. The van der Waals surface area contributed by atoms with Gasteiger partial charge in [0.15, 0.2) is 23.7 Å². The SMILES string of the molecule is COc1cc(C(=O)NCCCN2CCCCC2)ccc1O[C@@H]1O[C@@H](COC(C)=O)[C@@H](OC(C)=O)[C@H](OC(C)=O)[C@H]1OC(C)=O. The van der Waals surface area contributed by atoms with Gasteiger partial charge >= 0.3 is 23.9 Å². The molecule has 1 aromatic rings. The van der Waals surface area contributed by atoms with Crippen LogP contribution in [0.3, 0.4) is 0 Å². The molecular formula is C30H42N2O12. The Morgan fingerprint density at radius 2 is 1.48 bits per heavy atom. The van der Waals surface area contributed by atoms with E-state index in [0.717, 1.165) is 46.8 Å². The fourth-order valence-electron chi connectivity index (χ4n) is 5.10. The molecule has 44 heavy (non-hydrogen) atoms. The summed E-state index contributed by atoms with van der Waals surface area (Å²) in [5, 5.41) is 2.92. The minimum Gasteiger partial charge on any atom is -0.493 e. The highest BCUT2D eigenvalue weighted by Crippen LogP contribution is 2.35. The van der Waals surface area contributed by atoms with Crippen molar-refractivity contribution in [3.63, 3.8) is 0 Å². The number of hydrogen-bond acceptors (Lipinski definition) is 13. The molecule has 5 atom stereocenters. The molecule has 14 heteroatoms. The molecule has 0 aliphatic carbocycles. The normalized spacial score (nSPS) is 23.5. The van der Waals surface area contributed by atoms with Crippen LogP contribution in [-0.4, -0.2) is 105 Å². The van der Waals surface area contributed by atoms with Gasteiger partial charge in [-0.15, -0.1) is 0 Å². The summed E-state index contributed by atoms with van der Waals surface area (Å²) in [4.78, 5) is 62.9. The number of nitrogens with zero attached hydrogens (tertiary/aromatic N) is 1. The van der Waals surface area contributed by atoms with Gasteiger partial charge in [-0.05, 0) is 57.1 Å². The lowest BCUT2D eigenvalue weighted by Crippen LogP contribution is -2.63. The van der Waals surface area contributed by atoms with Gasteiger partial charge in [-0.1, -0.05) is 6.42 Å². The Hall–Kier alpha value is -3.91. The third-order valence-corrected chi connectivity index (χ3v) is 7.00. The number of methoxy groups -OCH3 is 1. The molecule has 14 nitrogen and oxygen atoms in total. The lowest BCUT2D eigenvalue weighted by Gasteiger charge is -2.44. The van der Waals surface area contributed by atoms with E-state index < -0.39 is 61.2 Å². The van der Waals surface area contributed by atoms with Gasteiger partial charge in [0.05, 0.1) is 7.11 Å². The number of likely N-dealkylation sites (tertiary alicyclic amines) is 1. The maximum absolute atomic E-state index is 12.8. The Morgan fingerprint density at radius 3 is 2.09 bits per heavy atom. The molecule has 0 saturated carbocycles. The predicted molar refractivity (Wildman–Crippen MR) is 153 cm³/mol. The summed E-state index contributed by atoms with van der Waals surface area (Å²) >= 11 is 0. The maximum Gasteiger partial charge on any atom is 0.303 e. The second-order valence-corrected chi connectivity index (χ2v) is 10.6. The van der Waals surface area contributed by atoms with Crippen molar-refractivity contribution >= 4 is 29.8 Å². The number of benzene rings is 1. The molecule has 2 saturated heterocycles. The number of ether oxygens (including phenoxy) is 7. The third-order valence-electron chi connectivity index (χ3n) is 7.00. The van der Waals surface area contributed by atoms with Crippen molar-refractivity contribution in [1.29, 1.82) is 0 Å². The molecular weight excluding hydrogens is 580 g/mol. The van der Waals surface area contributed by atoms with Gasteiger partial charge in [-0.3, -0.25) is 24.0 Å². The molecule has 0 aromatic heterocycles. The first kappa shape index (κ1) is 34.6. The highest BCUT2D eigenvalue weighted by atomic mass is 16.7. The van der Waals surface area contributed by atoms with Crippen molar-refractivity contribution in [3.05, 3.63) is 23.8 Å². The Bertz CT molecular complexity index is 1170. The van der Waals surface area contributed by atoms with Crippen LogP contribution in [0.1, 0.15) is 63.7 Å². The van der Waals surface area contributed by atoms with Gasteiger partial charge in [0.2, 0.25) is 12.4 Å². The molecule has 1 N–H and O–H groups in total. The minimum absolute atomic E-state index is 0.107. The van der Waals surface area contributed by atoms with Gasteiger partial charge in [0, 0.05) is 39.8 Å². The number of carbonyl (C=O) groups excluding carboxylic acids is 5. The van der Waals surface area contributed by atoms with E-state index in [2.05, 4.69) is 10.2 Å². The highest BCUT2D eigenvalue weighted by molar-refractivity contribution is 5.94. The maximum atomic E-state index is 12.8. The second-order valence-electron chi connectivity index (χ2n) is 10.6. The topological polar surface area (TPSA) is 165 Å². The van der Waals surface area contributed by atoms with Crippen LogP contribution in [0.25, 0.3) is 0 Å². The summed E-state index contributed by atoms with van der Waals surface area (Å²) < 4.78 is 38.9. The lowest BCUT2D eigenvalue weighted by molar-refractivity contribution is -0.288. The van der Waals surface area contributed by atoms with E-state index in [1.165, 1.54) is 51.5 Å². The van der Waals surface area contributed by atoms with Crippen molar-refractivity contribution in [2.45, 2.75) is 84.1 Å². The fourth-order valence-corrected chi connectivity index (χ4v) is 5.10. The summed E-state index contributed by atoms with van der Waals surface area (Å²) in [6.07, 6.45) is -2.24. The Kier molecular flexibility index (Phi) is 13.2. The molecule has 1 aromatic carbocycles. The van der Waals surface area contributed by atoms with Crippen LogP contribution in [0.5, 0.6) is 11.5 Å². The van der Waals surface area contributed by atoms with Crippen LogP contribution in [0.4, 0.5) is 0 Å². The molecule has 244 valence electrons. The third kappa shape index (κ3) is 10.4. The molecule has 1 amide bonds. The van der Waals surface area contributed by atoms with Crippen LogP contribution in [0.2, 0.25) is 0 Å². The van der Waals surface area contributed by atoms with Gasteiger partial charge in [-0.2, -0.15) is 0 Å². The average Bonchev–Trinajstić information content (AvgIpc) is 2.97. The first-order valence-electron chi connectivity index (χ1n) is 14.6. The zero-order valence-electron chi connectivity index (χ0n) is 25.8. The van der Waals surface area contributed by atoms with Crippen LogP contribution in [0.15, 0.2) is 18.2 Å². The minimum atomic E-state index is -1.45. The van der Waals surface area contributed by atoms with Gasteiger partial charge < -0.3 is 43.4 Å². The molecule has 0 radical (unpaired) electrons. The molecule has 2 aliphatic rings. The van der Waals surface area contributed by atoms with Gasteiger partial charge in [-0.25, -0.2) is 0 Å². The van der Waals surface area contributed by atoms with E-state index in [1.807, 2.05) is 0 Å². The molecule has 0 unspecified atom stereocenters. The largest absolute Gasteiger partial charge is 0.493 e. The monoisotopic (exact) mass is 622 g/mol. The molecule has 2 heterocycles. The Labute approximate surface area is 256 Å². The fraction of sp³-hybridized carbons (Fsp3) is 0.633. The molecule has 0 spiro atoms. The zero-order chi connectivity index (χ0) is 32.2. The standard InChI is InChI=1S/C30H42N2O12/c1-18(33)39-17-25-26(40-19(2)34)27(41-20(3)35)28(42-21(4)36)30(44-25)43-23-11-10-22(16-24(23)38-5)29(37)31-12-9-15-32-13-7-6-8-14-32/h10-11,16,25-28,30H,6-9,12-15,17H2,1-5H3,(H,31,37)/t25-,26+,27-,28+,30+/m0/s1. The van der Waals surface area contributed by atoms with Crippen LogP contribution >= 0.6 is 0 Å². The van der Waals surface area contributed by atoms with Crippen molar-refractivity contribution in [2.24, 2.45) is 0 Å². The first-order valence-corrected chi connectivity index (χ1v) is 14.6. The molecule has 2 aliphatic heterocycles. The number of rotatable bonds is 13. The quantitative estimate of drug-likeness (QED) is 0.192. The van der Waals surface area contributed by atoms with Crippen molar-refractivity contribution in [3.8, 4) is 11.5 Å². The number of piperidine rings is 1. The summed E-state index contributed by atoms with van der Waals surface area (Å²) in [6, 6.07) is 4.50. The lowest BCUT2D eigenvalue weighted by atomic mass is 9.98. The van der Waals surface area contributed by atoms with Gasteiger partial charge in [0.25, 0.3) is 5.91 Å². The summed E-state index contributed by atoms with van der Waals surface area (Å²) in [5.41, 5.74) is 0.328. The number of hydrogen-bond donors (Lipinski definition) is 1. The van der Waals surface area contributed by atoms with E-state index >= 15 is 0 Å². The van der Waals surface area contributed by atoms with Crippen LogP contribution in [0, 0.1) is 0 Å². The van der Waals surface area contributed by atoms with E-state index in [-0.39, 0.29) is 17.4 Å². The highest BCUT2D eigenvalue weighted by Gasteiger charge is 2.53. The van der Waals surface area contributed by atoms with E-state index in [4.69, 9.17) is 33.2 Å². The predicted octanol–water partition coefficient (Wildman–Crippen LogP) is 1.76. The number of carbonyl (C=O) groups is 5. The van der Waals surface area contributed by atoms with E-state index in [1.54, 1.807) is 0 Å². The van der Waals surface area contributed by atoms with Crippen LogP contribution < -0.4 is 14.8 Å². The first-order chi connectivity index (χ1) is 21.0. The van der Waals surface area contributed by atoms with E-state index in [9.17, 15) is 24.0 Å². The Balaban J connectivity index is 1.80. The summed E-state index contributed by atoms with van der Waals surface area (Å²) in [7, 11) is 1.38. The summed E-state index contributed by atoms with van der Waals surface area (Å²) in [5.74, 6) is -2.93. The zero-order valence-corrected chi connectivity index (χ0v) is 25.8. The second kappa shape index (κ2) is 16.8. The number of esters is 4. The van der Waals surface area contributed by atoms with Crippen molar-refractivity contribution < 1.29 is 57.1 Å².